The van der Waals surface area contributed by atoms with Gasteiger partial charge in [-0.25, -0.2) is 0 Å². The van der Waals surface area contributed by atoms with Crippen LogP contribution in [-0.4, -0.2) is 16.1 Å². The smallest absolute Gasteiger partial charge is 0.268 e. The molecule has 1 unspecified atom stereocenters. The van der Waals surface area contributed by atoms with Gasteiger partial charge in [0.2, 0.25) is 0 Å². The molecule has 3 rings (SSSR count). The van der Waals surface area contributed by atoms with E-state index < -0.39 is 0 Å². The van der Waals surface area contributed by atoms with E-state index >= 15 is 0 Å². The highest BCUT2D eigenvalue weighted by Gasteiger charge is 2.35. The quantitative estimate of drug-likeness (QED) is 0.817. The zero-order valence-corrected chi connectivity index (χ0v) is 15.2. The van der Waals surface area contributed by atoms with E-state index in [9.17, 15) is 4.79 Å². The number of carbonyl (C=O) groups excluding carboxylic acids is 1. The first-order chi connectivity index (χ1) is 10.8. The fraction of sp³-hybridized carbons (Fsp3) is 0.389. The van der Waals surface area contributed by atoms with Crippen molar-refractivity contribution in [1.82, 2.24) is 9.88 Å². The van der Waals surface area contributed by atoms with E-state index in [4.69, 9.17) is 10.5 Å². The fourth-order valence-electron chi connectivity index (χ4n) is 3.08. The lowest BCUT2D eigenvalue weighted by Crippen LogP contribution is -2.41. The van der Waals surface area contributed by atoms with Crippen molar-refractivity contribution in [1.29, 1.82) is 0 Å². The molecule has 6 heteroatoms. The number of nitrogens with two attached hydrogens (primary N) is 1. The van der Waals surface area contributed by atoms with Gasteiger partial charge in [-0.3, -0.25) is 4.79 Å². The molecule has 130 valence electrons. The molecule has 1 atom stereocenters. The Kier molecular flexibility index (Phi) is 4.85. The molecule has 24 heavy (non-hydrogen) atoms. The number of ether oxygens (including phenoxy) is 1. The van der Waals surface area contributed by atoms with Crippen molar-refractivity contribution >= 4 is 24.0 Å². The van der Waals surface area contributed by atoms with Crippen LogP contribution in [0.15, 0.2) is 30.3 Å². The summed E-state index contributed by atoms with van der Waals surface area (Å²) < 4.78 is 7.90. The minimum Gasteiger partial charge on any atom is -0.487 e. The summed E-state index contributed by atoms with van der Waals surface area (Å²) in [4.78, 5) is 12.6. The number of nitrogen functional groups attached to an aromatic ring is 1. The third kappa shape index (κ3) is 3.36. The fourth-order valence-corrected chi connectivity index (χ4v) is 3.08. The maximum absolute atomic E-state index is 12.6. The molecule has 3 N–H and O–H groups in total. The van der Waals surface area contributed by atoms with E-state index in [1.165, 1.54) is 0 Å². The number of aryl methyl sites for hydroxylation is 1. The first-order valence-corrected chi connectivity index (χ1v) is 7.78. The molecule has 1 amide bonds. The lowest BCUT2D eigenvalue weighted by atomic mass is 9.89. The van der Waals surface area contributed by atoms with Gasteiger partial charge in [0.1, 0.15) is 17.0 Å². The Labute approximate surface area is 148 Å². The average Bonchev–Trinajstić information content (AvgIpc) is 2.79. The van der Waals surface area contributed by atoms with Gasteiger partial charge in [0.25, 0.3) is 5.91 Å². The van der Waals surface area contributed by atoms with Crippen molar-refractivity contribution in [3.8, 4) is 5.75 Å². The Balaban J connectivity index is 0.00000208. The Bertz CT molecular complexity index is 768. The molecule has 1 aliphatic rings. The van der Waals surface area contributed by atoms with Crippen LogP contribution in [0, 0.1) is 6.92 Å². The molecule has 0 saturated carbocycles. The number of nitrogens with zero attached hydrogens (tertiary/aromatic N) is 1. The van der Waals surface area contributed by atoms with Crippen LogP contribution >= 0.6 is 12.4 Å². The summed E-state index contributed by atoms with van der Waals surface area (Å²) in [5.41, 5.74) is 8.87. The second-order valence-electron chi connectivity index (χ2n) is 6.81. The van der Waals surface area contributed by atoms with Crippen molar-refractivity contribution < 1.29 is 9.53 Å². The summed E-state index contributed by atoms with van der Waals surface area (Å²) >= 11 is 0. The largest absolute Gasteiger partial charge is 0.487 e. The van der Waals surface area contributed by atoms with Gasteiger partial charge in [-0.15, -0.1) is 12.4 Å². The Morgan fingerprint density at radius 2 is 2.04 bits per heavy atom. The number of nitrogens with one attached hydrogen (secondary N) is 1. The van der Waals surface area contributed by atoms with E-state index in [0.29, 0.717) is 17.8 Å². The molecular weight excluding hydrogens is 326 g/mol. The number of rotatable bonds is 2. The molecule has 1 aromatic heterocycles. The number of anilines is 1. The molecular formula is C18H24ClN3O2. The van der Waals surface area contributed by atoms with Crippen LogP contribution in [0.25, 0.3) is 0 Å². The summed E-state index contributed by atoms with van der Waals surface area (Å²) in [6.07, 6.45) is 0.693. The van der Waals surface area contributed by atoms with Crippen molar-refractivity contribution in [3.63, 3.8) is 0 Å². The van der Waals surface area contributed by atoms with Crippen LogP contribution in [0.2, 0.25) is 0 Å². The summed E-state index contributed by atoms with van der Waals surface area (Å²) in [6, 6.07) is 9.23. The van der Waals surface area contributed by atoms with Gasteiger partial charge in [-0.05, 0) is 51.1 Å². The molecule has 0 spiro atoms. The molecule has 2 aromatic rings. The molecule has 0 aliphatic carbocycles. The molecule has 1 aromatic carbocycles. The van der Waals surface area contributed by atoms with Crippen LogP contribution in [0.3, 0.4) is 0 Å². The lowest BCUT2D eigenvalue weighted by Gasteiger charge is -2.38. The van der Waals surface area contributed by atoms with Crippen LogP contribution < -0.4 is 15.8 Å². The van der Waals surface area contributed by atoms with Crippen LogP contribution in [0.4, 0.5) is 5.69 Å². The molecule has 0 bridgehead atoms. The summed E-state index contributed by atoms with van der Waals surface area (Å²) in [7, 11) is 1.89. The second-order valence-corrected chi connectivity index (χ2v) is 6.81. The number of fused-ring (bicyclic) bond motifs is 1. The van der Waals surface area contributed by atoms with Crippen molar-refractivity contribution in [2.45, 2.75) is 38.8 Å². The molecule has 0 radical (unpaired) electrons. The number of hydrogen-bond acceptors (Lipinski definition) is 3. The van der Waals surface area contributed by atoms with Gasteiger partial charge in [-0.2, -0.15) is 0 Å². The lowest BCUT2D eigenvalue weighted by molar-refractivity contribution is 0.0617. The third-order valence-corrected chi connectivity index (χ3v) is 4.40. The number of halogens is 1. The summed E-state index contributed by atoms with van der Waals surface area (Å²) in [5.74, 6) is 0.695. The molecule has 2 heterocycles. The predicted octanol–water partition coefficient (Wildman–Crippen LogP) is 3.37. The first kappa shape index (κ1) is 18.2. The predicted molar refractivity (Wildman–Crippen MR) is 97.8 cm³/mol. The molecule has 5 nitrogen and oxygen atoms in total. The van der Waals surface area contributed by atoms with Crippen LogP contribution in [0.1, 0.15) is 48.1 Å². The summed E-state index contributed by atoms with van der Waals surface area (Å²) in [5, 5.41) is 3.13. The average molecular weight is 350 g/mol. The number of amides is 1. The van der Waals surface area contributed by atoms with Gasteiger partial charge >= 0.3 is 0 Å². The Morgan fingerprint density at radius 3 is 2.67 bits per heavy atom. The van der Waals surface area contributed by atoms with Crippen molar-refractivity contribution in [3.05, 3.63) is 47.3 Å². The minimum atomic E-state index is -0.342. The van der Waals surface area contributed by atoms with Gasteiger partial charge in [0.15, 0.2) is 0 Å². The number of benzene rings is 1. The molecule has 0 saturated heterocycles. The highest BCUT2D eigenvalue weighted by Crippen LogP contribution is 2.40. The highest BCUT2D eigenvalue weighted by atomic mass is 35.5. The van der Waals surface area contributed by atoms with E-state index in [0.717, 1.165) is 17.0 Å². The van der Waals surface area contributed by atoms with Gasteiger partial charge in [0.05, 0.1) is 6.04 Å². The Morgan fingerprint density at radius 1 is 1.33 bits per heavy atom. The van der Waals surface area contributed by atoms with E-state index in [1.54, 1.807) is 0 Å². The van der Waals surface area contributed by atoms with Crippen LogP contribution in [-0.2, 0) is 7.05 Å². The first-order valence-electron chi connectivity index (χ1n) is 7.78. The van der Waals surface area contributed by atoms with E-state index in [2.05, 4.69) is 5.32 Å². The van der Waals surface area contributed by atoms with Crippen molar-refractivity contribution in [2.24, 2.45) is 7.05 Å². The van der Waals surface area contributed by atoms with Gasteiger partial charge in [0, 0.05) is 30.4 Å². The van der Waals surface area contributed by atoms with Gasteiger partial charge < -0.3 is 20.4 Å². The van der Waals surface area contributed by atoms with E-state index in [-0.39, 0.29) is 30.0 Å². The minimum absolute atomic E-state index is 0. The number of carbonyl (C=O) groups is 1. The molecule has 0 fully saturated rings. The zero-order chi connectivity index (χ0) is 16.8. The molecule has 1 aliphatic heterocycles. The maximum Gasteiger partial charge on any atom is 0.268 e. The van der Waals surface area contributed by atoms with Crippen molar-refractivity contribution in [2.75, 3.05) is 5.73 Å². The zero-order valence-electron chi connectivity index (χ0n) is 14.4. The third-order valence-electron chi connectivity index (χ3n) is 4.40. The SMILES string of the molecule is Cc1ccc(C(=O)NC2CC(C)(C)Oc3ccc(N)cc32)n1C.Cl. The number of hydrogen-bond donors (Lipinski definition) is 2. The van der Waals surface area contributed by atoms with E-state index in [1.807, 2.05) is 62.7 Å². The normalized spacial score (nSPS) is 18.1. The summed E-state index contributed by atoms with van der Waals surface area (Å²) in [6.45, 7) is 6.03. The van der Waals surface area contributed by atoms with Crippen LogP contribution in [0.5, 0.6) is 5.75 Å². The highest BCUT2D eigenvalue weighted by molar-refractivity contribution is 5.93. The topological polar surface area (TPSA) is 69.3 Å². The standard InChI is InChI=1S/C18H23N3O2.ClH/c1-11-5-7-15(21(11)4)17(22)20-14-10-18(2,3)23-16-8-6-12(19)9-13(14)16;/h5-9,14H,10,19H2,1-4H3,(H,20,22);1H. The van der Waals surface area contributed by atoms with Gasteiger partial charge in [-0.1, -0.05) is 0 Å². The maximum atomic E-state index is 12.6. The number of aromatic nitrogens is 1. The Hall–Kier alpha value is -2.14. The second kappa shape index (κ2) is 6.40. The monoisotopic (exact) mass is 349 g/mol.